The molecule has 0 unspecified atom stereocenters. The summed E-state index contributed by atoms with van der Waals surface area (Å²) in [7, 11) is 2.87. The first kappa shape index (κ1) is 14.9. The normalized spacial score (nSPS) is 9.86. The van der Waals surface area contributed by atoms with E-state index in [1.807, 2.05) is 0 Å². The number of ether oxygens (including phenoxy) is 2. The first-order valence-electron chi connectivity index (χ1n) is 6.04. The molecule has 0 aliphatic carbocycles. The van der Waals surface area contributed by atoms with E-state index in [1.54, 1.807) is 43.6 Å². The third-order valence-electron chi connectivity index (χ3n) is 2.62. The summed E-state index contributed by atoms with van der Waals surface area (Å²) >= 11 is 5.97. The maximum Gasteiger partial charge on any atom is 0.412 e. The van der Waals surface area contributed by atoms with Crippen molar-refractivity contribution in [3.63, 3.8) is 0 Å². The zero-order valence-electron chi connectivity index (χ0n) is 11.5. The predicted octanol–water partition coefficient (Wildman–Crippen LogP) is 3.67. The molecule has 0 saturated carbocycles. The number of hydrogen-bond donors (Lipinski definition) is 2. The Hall–Kier alpha value is -2.47. The van der Waals surface area contributed by atoms with Crippen LogP contribution in [0.3, 0.4) is 0 Å². The van der Waals surface area contributed by atoms with Crippen molar-refractivity contribution in [3.8, 4) is 5.75 Å². The van der Waals surface area contributed by atoms with Crippen LogP contribution in [-0.4, -0.2) is 25.3 Å². The Balaban J connectivity index is 2.13. The number of rotatable bonds is 4. The van der Waals surface area contributed by atoms with Gasteiger partial charge in [-0.3, -0.25) is 5.32 Å². The first-order valence-corrected chi connectivity index (χ1v) is 6.42. The van der Waals surface area contributed by atoms with E-state index in [2.05, 4.69) is 20.4 Å². The Bertz CT molecular complexity index is 632. The van der Waals surface area contributed by atoms with Crippen LogP contribution >= 0.6 is 11.6 Å². The second kappa shape index (κ2) is 6.81. The van der Waals surface area contributed by atoms with Gasteiger partial charge in [-0.05, 0) is 30.3 Å². The zero-order valence-corrected chi connectivity index (χ0v) is 12.3. The monoisotopic (exact) mass is 307 g/mol. The fraction of sp³-hybridized carbons (Fsp3) is 0.143. The van der Waals surface area contributed by atoms with Crippen molar-refractivity contribution in [3.05, 3.63) is 41.6 Å². The maximum atomic E-state index is 11.1. The van der Waals surface area contributed by atoms with E-state index in [-0.39, 0.29) is 0 Å². The highest BCUT2D eigenvalue weighted by Crippen LogP contribution is 2.30. The van der Waals surface area contributed by atoms with Gasteiger partial charge >= 0.3 is 6.09 Å². The van der Waals surface area contributed by atoms with Gasteiger partial charge in [0.2, 0.25) is 0 Å². The van der Waals surface area contributed by atoms with Gasteiger partial charge in [0.1, 0.15) is 11.6 Å². The highest BCUT2D eigenvalue weighted by molar-refractivity contribution is 6.31. The second-order valence-corrected chi connectivity index (χ2v) is 4.45. The number of carbonyl (C=O) groups is 1. The van der Waals surface area contributed by atoms with Crippen LogP contribution in [0.4, 0.5) is 22.0 Å². The third kappa shape index (κ3) is 4.00. The molecule has 7 heteroatoms. The van der Waals surface area contributed by atoms with Gasteiger partial charge in [-0.25, -0.2) is 9.78 Å². The van der Waals surface area contributed by atoms with Gasteiger partial charge in [-0.15, -0.1) is 0 Å². The van der Waals surface area contributed by atoms with Crippen molar-refractivity contribution in [2.75, 3.05) is 24.9 Å². The van der Waals surface area contributed by atoms with Crippen molar-refractivity contribution in [2.45, 2.75) is 0 Å². The van der Waals surface area contributed by atoms with E-state index in [0.717, 1.165) is 11.4 Å². The highest BCUT2D eigenvalue weighted by atomic mass is 35.5. The van der Waals surface area contributed by atoms with Gasteiger partial charge in [0, 0.05) is 5.02 Å². The number of carbonyl (C=O) groups excluding carboxylic acids is 1. The number of benzene rings is 1. The Morgan fingerprint density at radius 1 is 1.24 bits per heavy atom. The highest BCUT2D eigenvalue weighted by Gasteiger charge is 2.06. The summed E-state index contributed by atoms with van der Waals surface area (Å²) in [6.07, 6.45) is 1.01. The standard InChI is InChI=1S/C14H14ClN3O3/c1-20-12-5-3-9(15)7-11(12)17-10-4-6-13(16-8-10)18-14(19)21-2/h3-8,17H,1-2H3,(H,16,18,19). The molecular weight excluding hydrogens is 294 g/mol. The lowest BCUT2D eigenvalue weighted by Crippen LogP contribution is -2.11. The summed E-state index contributed by atoms with van der Waals surface area (Å²) in [6, 6.07) is 8.67. The molecule has 0 bridgehead atoms. The Kier molecular flexibility index (Phi) is 4.84. The van der Waals surface area contributed by atoms with E-state index < -0.39 is 6.09 Å². The molecule has 21 heavy (non-hydrogen) atoms. The number of nitrogens with one attached hydrogen (secondary N) is 2. The minimum atomic E-state index is -0.570. The number of methoxy groups -OCH3 is 2. The fourth-order valence-electron chi connectivity index (χ4n) is 1.63. The molecule has 2 rings (SSSR count). The number of anilines is 3. The topological polar surface area (TPSA) is 72.5 Å². The molecule has 0 aliphatic heterocycles. The van der Waals surface area contributed by atoms with Crippen molar-refractivity contribution < 1.29 is 14.3 Å². The lowest BCUT2D eigenvalue weighted by Gasteiger charge is -2.11. The quantitative estimate of drug-likeness (QED) is 0.901. The number of nitrogens with zero attached hydrogens (tertiary/aromatic N) is 1. The molecule has 1 amide bonds. The molecule has 1 aromatic carbocycles. The summed E-state index contributed by atoms with van der Waals surface area (Å²) in [4.78, 5) is 15.2. The molecule has 1 aromatic heterocycles. The SMILES string of the molecule is COC(=O)Nc1ccc(Nc2cc(Cl)ccc2OC)cn1. The summed E-state index contributed by atoms with van der Waals surface area (Å²) in [6.45, 7) is 0. The molecule has 2 aromatic rings. The molecule has 0 spiro atoms. The van der Waals surface area contributed by atoms with E-state index in [4.69, 9.17) is 16.3 Å². The fourth-order valence-corrected chi connectivity index (χ4v) is 1.80. The summed E-state index contributed by atoms with van der Waals surface area (Å²) in [5, 5.41) is 6.20. The van der Waals surface area contributed by atoms with Crippen molar-refractivity contribution in [2.24, 2.45) is 0 Å². The smallest absolute Gasteiger partial charge is 0.412 e. The lowest BCUT2D eigenvalue weighted by atomic mass is 10.2. The van der Waals surface area contributed by atoms with Gasteiger partial charge in [-0.2, -0.15) is 0 Å². The molecule has 0 atom stereocenters. The number of pyridine rings is 1. The summed E-state index contributed by atoms with van der Waals surface area (Å²) < 4.78 is 9.73. The first-order chi connectivity index (χ1) is 10.1. The average Bonchev–Trinajstić information content (AvgIpc) is 2.49. The second-order valence-electron chi connectivity index (χ2n) is 4.02. The van der Waals surface area contributed by atoms with Crippen LogP contribution in [0.5, 0.6) is 5.75 Å². The molecule has 2 N–H and O–H groups in total. The van der Waals surface area contributed by atoms with Crippen LogP contribution in [-0.2, 0) is 4.74 Å². The minimum Gasteiger partial charge on any atom is -0.495 e. The van der Waals surface area contributed by atoms with E-state index >= 15 is 0 Å². The van der Waals surface area contributed by atoms with Gasteiger partial charge in [-0.1, -0.05) is 11.6 Å². The van der Waals surface area contributed by atoms with Gasteiger partial charge in [0.05, 0.1) is 31.8 Å². The van der Waals surface area contributed by atoms with Crippen LogP contribution in [0, 0.1) is 0 Å². The summed E-state index contributed by atoms with van der Waals surface area (Å²) in [5.74, 6) is 1.06. The zero-order chi connectivity index (χ0) is 15.2. The van der Waals surface area contributed by atoms with E-state index in [9.17, 15) is 4.79 Å². The number of amides is 1. The van der Waals surface area contributed by atoms with Crippen LogP contribution in [0.2, 0.25) is 5.02 Å². The largest absolute Gasteiger partial charge is 0.495 e. The van der Waals surface area contributed by atoms with Crippen LogP contribution in [0.15, 0.2) is 36.5 Å². The average molecular weight is 308 g/mol. The third-order valence-corrected chi connectivity index (χ3v) is 2.85. The molecule has 1 heterocycles. The van der Waals surface area contributed by atoms with Crippen LogP contribution in [0.25, 0.3) is 0 Å². The minimum absolute atomic E-state index is 0.394. The Labute approximate surface area is 127 Å². The van der Waals surface area contributed by atoms with Gasteiger partial charge in [0.15, 0.2) is 0 Å². The Morgan fingerprint density at radius 3 is 2.67 bits per heavy atom. The summed E-state index contributed by atoms with van der Waals surface area (Å²) in [5.41, 5.74) is 1.45. The molecule has 0 fully saturated rings. The molecule has 0 saturated heterocycles. The van der Waals surface area contributed by atoms with Crippen molar-refractivity contribution >= 4 is 34.9 Å². The molecule has 6 nitrogen and oxygen atoms in total. The van der Waals surface area contributed by atoms with E-state index in [1.165, 1.54) is 7.11 Å². The number of aromatic nitrogens is 1. The molecular formula is C14H14ClN3O3. The van der Waals surface area contributed by atoms with Crippen LogP contribution in [0.1, 0.15) is 0 Å². The van der Waals surface area contributed by atoms with E-state index in [0.29, 0.717) is 16.6 Å². The maximum absolute atomic E-state index is 11.1. The molecule has 0 aliphatic rings. The molecule has 0 radical (unpaired) electrons. The predicted molar refractivity (Wildman–Crippen MR) is 81.6 cm³/mol. The number of halogens is 1. The number of hydrogen-bond acceptors (Lipinski definition) is 5. The molecule has 110 valence electrons. The van der Waals surface area contributed by atoms with Gasteiger partial charge < -0.3 is 14.8 Å². The van der Waals surface area contributed by atoms with Crippen molar-refractivity contribution in [1.82, 2.24) is 4.98 Å². The van der Waals surface area contributed by atoms with Gasteiger partial charge in [0.25, 0.3) is 0 Å². The van der Waals surface area contributed by atoms with Crippen molar-refractivity contribution in [1.29, 1.82) is 0 Å². The Morgan fingerprint density at radius 2 is 2.05 bits per heavy atom. The lowest BCUT2D eigenvalue weighted by molar-refractivity contribution is 0.187. The van der Waals surface area contributed by atoms with Crippen LogP contribution < -0.4 is 15.4 Å².